The first-order chi connectivity index (χ1) is 21.6. The Morgan fingerprint density at radius 1 is 0.911 bits per heavy atom. The topological polar surface area (TPSA) is 135 Å². The van der Waals surface area contributed by atoms with Crippen LogP contribution in [0.5, 0.6) is 0 Å². The first-order valence-electron chi connectivity index (χ1n) is 15.7. The number of carbonyl (C=O) groups excluding carboxylic acids is 2. The van der Waals surface area contributed by atoms with Gasteiger partial charge in [-0.05, 0) is 55.4 Å². The van der Waals surface area contributed by atoms with Gasteiger partial charge in [-0.25, -0.2) is 9.59 Å². The lowest BCUT2D eigenvalue weighted by atomic mass is 9.92. The number of nitrogens with zero attached hydrogens (tertiary/aromatic N) is 3. The van der Waals surface area contributed by atoms with Crippen molar-refractivity contribution in [2.24, 2.45) is 5.92 Å². The summed E-state index contributed by atoms with van der Waals surface area (Å²) in [6.45, 7) is 7.10. The second-order valence-electron chi connectivity index (χ2n) is 11.9. The molecule has 1 aliphatic rings. The second kappa shape index (κ2) is 16.0. The number of aryl methyl sites for hydroxylation is 1. The van der Waals surface area contributed by atoms with E-state index in [-0.39, 0.29) is 24.3 Å². The minimum Gasteiger partial charge on any atom is -0.465 e. The molecule has 45 heavy (non-hydrogen) atoms. The van der Waals surface area contributed by atoms with Crippen LogP contribution in [0.3, 0.4) is 0 Å². The van der Waals surface area contributed by atoms with Crippen LogP contribution in [-0.2, 0) is 24.2 Å². The normalized spacial score (nSPS) is 16.5. The molecule has 240 valence electrons. The SMILES string of the molecule is CC[C@H](C)[C@@H](C(=O)N[C@@H](Cc1ccccc1)[C@@H](O)C[C@H](Cc1ccccc1)NC(=O)O)N1CCN(Cc2cccc(C)n2)C1=O. The molecule has 10 nitrogen and oxygen atoms in total. The third-order valence-electron chi connectivity index (χ3n) is 8.48. The summed E-state index contributed by atoms with van der Waals surface area (Å²) < 4.78 is 0. The van der Waals surface area contributed by atoms with Crippen molar-refractivity contribution in [1.82, 2.24) is 25.4 Å². The molecule has 4 N–H and O–H groups in total. The Kier molecular flexibility index (Phi) is 11.9. The molecule has 2 aromatic carbocycles. The van der Waals surface area contributed by atoms with Crippen molar-refractivity contribution in [3.05, 3.63) is 101 Å². The fourth-order valence-corrected chi connectivity index (χ4v) is 5.96. The van der Waals surface area contributed by atoms with E-state index in [0.29, 0.717) is 38.9 Å². The van der Waals surface area contributed by atoms with Crippen LogP contribution in [0.2, 0.25) is 0 Å². The molecule has 4 amide bonds. The zero-order chi connectivity index (χ0) is 32.3. The van der Waals surface area contributed by atoms with Crippen molar-refractivity contribution in [3.63, 3.8) is 0 Å². The Morgan fingerprint density at radius 2 is 1.56 bits per heavy atom. The molecule has 2 heterocycles. The van der Waals surface area contributed by atoms with Crippen molar-refractivity contribution in [3.8, 4) is 0 Å². The van der Waals surface area contributed by atoms with Crippen LogP contribution in [0, 0.1) is 12.8 Å². The highest BCUT2D eigenvalue weighted by atomic mass is 16.4. The van der Waals surface area contributed by atoms with E-state index >= 15 is 0 Å². The van der Waals surface area contributed by atoms with Gasteiger partial charge in [-0.2, -0.15) is 0 Å². The molecular formula is C35H45N5O5. The maximum Gasteiger partial charge on any atom is 0.404 e. The molecule has 1 saturated heterocycles. The highest BCUT2D eigenvalue weighted by Crippen LogP contribution is 2.23. The summed E-state index contributed by atoms with van der Waals surface area (Å²) in [4.78, 5) is 47.2. The molecule has 4 rings (SSSR count). The second-order valence-corrected chi connectivity index (χ2v) is 11.9. The van der Waals surface area contributed by atoms with E-state index in [9.17, 15) is 24.6 Å². The van der Waals surface area contributed by atoms with Gasteiger partial charge < -0.3 is 30.6 Å². The molecule has 0 spiro atoms. The molecular weight excluding hydrogens is 570 g/mol. The summed E-state index contributed by atoms with van der Waals surface area (Å²) in [6, 6.07) is 22.5. The number of urea groups is 1. The Morgan fingerprint density at radius 3 is 2.16 bits per heavy atom. The lowest BCUT2D eigenvalue weighted by molar-refractivity contribution is -0.128. The van der Waals surface area contributed by atoms with Crippen molar-refractivity contribution in [1.29, 1.82) is 0 Å². The summed E-state index contributed by atoms with van der Waals surface area (Å²) in [5, 5.41) is 26.7. The van der Waals surface area contributed by atoms with Gasteiger partial charge in [0.2, 0.25) is 5.91 Å². The molecule has 10 heteroatoms. The van der Waals surface area contributed by atoms with E-state index in [1.165, 1.54) is 0 Å². The largest absolute Gasteiger partial charge is 0.465 e. The van der Waals surface area contributed by atoms with Crippen molar-refractivity contribution < 1.29 is 24.6 Å². The molecule has 3 aromatic rings. The van der Waals surface area contributed by atoms with Gasteiger partial charge in [0, 0.05) is 24.8 Å². The minimum absolute atomic E-state index is 0.0902. The van der Waals surface area contributed by atoms with Crippen molar-refractivity contribution in [2.75, 3.05) is 13.1 Å². The van der Waals surface area contributed by atoms with Crippen LogP contribution in [0.15, 0.2) is 78.9 Å². The number of aliphatic hydroxyl groups is 1. The quantitative estimate of drug-likeness (QED) is 0.200. The molecule has 1 fully saturated rings. The molecule has 0 unspecified atom stereocenters. The molecule has 1 aliphatic heterocycles. The number of rotatable bonds is 15. The fraction of sp³-hybridized carbons (Fsp3) is 0.429. The van der Waals surface area contributed by atoms with E-state index in [2.05, 4.69) is 15.6 Å². The van der Waals surface area contributed by atoms with E-state index in [4.69, 9.17) is 0 Å². The zero-order valence-electron chi connectivity index (χ0n) is 26.3. The van der Waals surface area contributed by atoms with Gasteiger partial charge in [-0.3, -0.25) is 9.78 Å². The predicted molar refractivity (Wildman–Crippen MR) is 173 cm³/mol. The predicted octanol–water partition coefficient (Wildman–Crippen LogP) is 4.40. The molecule has 0 radical (unpaired) electrons. The Bertz CT molecular complexity index is 1410. The number of hydrogen-bond donors (Lipinski definition) is 4. The average Bonchev–Trinajstić information content (AvgIpc) is 3.36. The van der Waals surface area contributed by atoms with Crippen LogP contribution in [0.1, 0.15) is 49.2 Å². The number of amides is 4. The minimum atomic E-state index is -1.18. The van der Waals surface area contributed by atoms with Gasteiger partial charge >= 0.3 is 12.1 Å². The van der Waals surface area contributed by atoms with Crippen LogP contribution < -0.4 is 10.6 Å². The van der Waals surface area contributed by atoms with Crippen LogP contribution >= 0.6 is 0 Å². The number of pyridine rings is 1. The highest BCUT2D eigenvalue weighted by Gasteiger charge is 2.41. The van der Waals surface area contributed by atoms with Gasteiger partial charge in [0.05, 0.1) is 24.4 Å². The van der Waals surface area contributed by atoms with E-state index in [1.54, 1.807) is 9.80 Å². The number of nitrogens with one attached hydrogen (secondary N) is 2. The fourth-order valence-electron chi connectivity index (χ4n) is 5.96. The number of carbonyl (C=O) groups is 3. The van der Waals surface area contributed by atoms with E-state index < -0.39 is 30.3 Å². The highest BCUT2D eigenvalue weighted by molar-refractivity contribution is 5.88. The molecule has 0 saturated carbocycles. The van der Waals surface area contributed by atoms with Crippen LogP contribution in [0.4, 0.5) is 9.59 Å². The maximum absolute atomic E-state index is 14.1. The summed E-state index contributed by atoms with van der Waals surface area (Å²) >= 11 is 0. The molecule has 5 atom stereocenters. The van der Waals surface area contributed by atoms with Crippen LogP contribution in [0.25, 0.3) is 0 Å². The maximum atomic E-state index is 14.1. The van der Waals surface area contributed by atoms with Crippen LogP contribution in [-0.4, -0.2) is 80.3 Å². The van der Waals surface area contributed by atoms with Crippen molar-refractivity contribution >= 4 is 18.0 Å². The van der Waals surface area contributed by atoms with Gasteiger partial charge in [0.25, 0.3) is 0 Å². The third kappa shape index (κ3) is 9.52. The lowest BCUT2D eigenvalue weighted by Gasteiger charge is -2.34. The molecule has 1 aromatic heterocycles. The first-order valence-corrected chi connectivity index (χ1v) is 15.7. The lowest BCUT2D eigenvalue weighted by Crippen LogP contribution is -2.56. The van der Waals surface area contributed by atoms with Gasteiger partial charge in [0.15, 0.2) is 0 Å². The molecule has 0 aliphatic carbocycles. The zero-order valence-corrected chi connectivity index (χ0v) is 26.3. The van der Waals surface area contributed by atoms with E-state index in [0.717, 1.165) is 22.5 Å². The standard InChI is InChI=1S/C35H45N5O5/c1-4-24(2)32(40-19-18-39(35(40)45)23-28-17-11-12-25(3)36-28)33(42)38-30(21-27-15-9-6-10-16-27)31(41)22-29(37-34(43)44)20-26-13-7-5-8-14-26/h5-17,24,29-32,37,41H,4,18-23H2,1-3H3,(H,38,42)(H,43,44)/t24-,29-,30-,31-,32-/m0/s1. The number of aromatic nitrogens is 1. The smallest absolute Gasteiger partial charge is 0.404 e. The molecule has 0 bridgehead atoms. The number of aliphatic hydroxyl groups excluding tert-OH is 1. The third-order valence-corrected chi connectivity index (χ3v) is 8.48. The Balaban J connectivity index is 1.53. The van der Waals surface area contributed by atoms with E-state index in [1.807, 2.05) is 99.6 Å². The van der Waals surface area contributed by atoms with Gasteiger partial charge in [-0.15, -0.1) is 0 Å². The summed E-state index contributed by atoms with van der Waals surface area (Å²) in [5.74, 6) is -0.473. The number of hydrogen-bond acceptors (Lipinski definition) is 5. The van der Waals surface area contributed by atoms with Crippen molar-refractivity contribution in [2.45, 2.75) is 77.2 Å². The average molecular weight is 616 g/mol. The Hall–Kier alpha value is -4.44. The summed E-state index contributed by atoms with van der Waals surface area (Å²) in [5.41, 5.74) is 3.52. The first kappa shape index (κ1) is 33.5. The number of benzene rings is 2. The summed E-state index contributed by atoms with van der Waals surface area (Å²) in [6.07, 6.45) is -0.751. The Labute approximate surface area is 265 Å². The summed E-state index contributed by atoms with van der Waals surface area (Å²) in [7, 11) is 0. The van der Waals surface area contributed by atoms with Gasteiger partial charge in [-0.1, -0.05) is 87.0 Å². The number of carboxylic acid groups (broad SMARTS) is 1. The van der Waals surface area contributed by atoms with Gasteiger partial charge in [0.1, 0.15) is 6.04 Å². The monoisotopic (exact) mass is 615 g/mol.